The summed E-state index contributed by atoms with van der Waals surface area (Å²) in [6.07, 6.45) is 5.01. The number of nitrogens with zero attached hydrogens (tertiary/aromatic N) is 2. The lowest BCUT2D eigenvalue weighted by atomic mass is 10.1. The zero-order chi connectivity index (χ0) is 11.4. The topological polar surface area (TPSA) is 52.1 Å². The molecule has 80 valence electrons. The van der Waals surface area contributed by atoms with Crippen molar-refractivity contribution < 1.29 is 9.53 Å². The quantitative estimate of drug-likeness (QED) is 0.717. The molecule has 0 atom stereocenters. The van der Waals surface area contributed by atoms with Gasteiger partial charge in [0.25, 0.3) is 0 Å². The number of carbonyl (C=O) groups is 1. The maximum atomic E-state index is 11.3. The minimum Gasteiger partial charge on any atom is -0.464 e. The van der Waals surface area contributed by atoms with Crippen molar-refractivity contribution in [2.45, 2.75) is 0 Å². The molecule has 4 heteroatoms. The van der Waals surface area contributed by atoms with Crippen LogP contribution in [0.3, 0.4) is 0 Å². The number of methoxy groups -OCH3 is 1. The van der Waals surface area contributed by atoms with Gasteiger partial charge in [-0.05, 0) is 23.8 Å². The third-order valence-electron chi connectivity index (χ3n) is 2.15. The lowest BCUT2D eigenvalue weighted by molar-refractivity contribution is 0.0594. The third kappa shape index (κ3) is 2.06. The van der Waals surface area contributed by atoms with E-state index in [1.54, 1.807) is 24.7 Å². The van der Waals surface area contributed by atoms with Crippen LogP contribution < -0.4 is 0 Å². The maximum absolute atomic E-state index is 11.3. The Labute approximate surface area is 92.9 Å². The maximum Gasteiger partial charge on any atom is 0.356 e. The van der Waals surface area contributed by atoms with E-state index in [4.69, 9.17) is 0 Å². The fourth-order valence-electron chi connectivity index (χ4n) is 1.36. The number of esters is 1. The zero-order valence-electron chi connectivity index (χ0n) is 8.75. The third-order valence-corrected chi connectivity index (χ3v) is 2.15. The van der Waals surface area contributed by atoms with Gasteiger partial charge < -0.3 is 4.74 Å². The minimum atomic E-state index is -0.439. The second kappa shape index (κ2) is 4.53. The first-order valence-corrected chi connectivity index (χ1v) is 4.76. The number of hydrogen-bond acceptors (Lipinski definition) is 4. The molecule has 2 aromatic rings. The van der Waals surface area contributed by atoms with E-state index in [0.717, 1.165) is 11.1 Å². The van der Waals surface area contributed by atoms with Crippen molar-refractivity contribution in [3.63, 3.8) is 0 Å². The van der Waals surface area contributed by atoms with Crippen LogP contribution in [0.25, 0.3) is 11.1 Å². The molecular weight excluding hydrogens is 204 g/mol. The van der Waals surface area contributed by atoms with Crippen LogP contribution in [-0.4, -0.2) is 23.0 Å². The molecule has 0 aliphatic rings. The molecule has 0 aliphatic carbocycles. The monoisotopic (exact) mass is 214 g/mol. The Morgan fingerprint density at radius 1 is 1.25 bits per heavy atom. The fourth-order valence-corrected chi connectivity index (χ4v) is 1.36. The number of rotatable bonds is 2. The SMILES string of the molecule is COC(=O)c1cc(-c2cccnc2)ccn1. The van der Waals surface area contributed by atoms with Crippen LogP contribution in [0.1, 0.15) is 10.5 Å². The van der Waals surface area contributed by atoms with Gasteiger partial charge in [-0.2, -0.15) is 0 Å². The summed E-state index contributed by atoms with van der Waals surface area (Å²) < 4.78 is 4.61. The molecule has 0 fully saturated rings. The molecule has 0 bridgehead atoms. The van der Waals surface area contributed by atoms with Gasteiger partial charge in [0, 0.05) is 24.2 Å². The molecule has 0 radical (unpaired) electrons. The highest BCUT2D eigenvalue weighted by molar-refractivity contribution is 5.88. The average molecular weight is 214 g/mol. The molecule has 0 saturated heterocycles. The first-order valence-electron chi connectivity index (χ1n) is 4.76. The van der Waals surface area contributed by atoms with E-state index >= 15 is 0 Å². The molecule has 4 nitrogen and oxygen atoms in total. The van der Waals surface area contributed by atoms with Gasteiger partial charge in [-0.3, -0.25) is 4.98 Å². The van der Waals surface area contributed by atoms with Crippen LogP contribution in [0, 0.1) is 0 Å². The lowest BCUT2D eigenvalue weighted by Gasteiger charge is -2.02. The lowest BCUT2D eigenvalue weighted by Crippen LogP contribution is -2.03. The molecule has 0 spiro atoms. The van der Waals surface area contributed by atoms with Gasteiger partial charge in [0.2, 0.25) is 0 Å². The summed E-state index contributed by atoms with van der Waals surface area (Å²) >= 11 is 0. The molecule has 2 aromatic heterocycles. The second-order valence-corrected chi connectivity index (χ2v) is 3.16. The normalized spacial score (nSPS) is 9.81. The predicted molar refractivity (Wildman–Crippen MR) is 58.8 cm³/mol. The van der Waals surface area contributed by atoms with E-state index in [1.165, 1.54) is 7.11 Å². The predicted octanol–water partition coefficient (Wildman–Crippen LogP) is 1.93. The number of ether oxygens (including phenoxy) is 1. The molecule has 0 saturated carbocycles. The molecule has 0 aromatic carbocycles. The Kier molecular flexibility index (Phi) is 2.91. The van der Waals surface area contributed by atoms with E-state index < -0.39 is 5.97 Å². The Morgan fingerprint density at radius 2 is 2.12 bits per heavy atom. The molecule has 0 amide bonds. The van der Waals surface area contributed by atoms with Gasteiger partial charge in [0.05, 0.1) is 7.11 Å². The highest BCUT2D eigenvalue weighted by atomic mass is 16.5. The van der Waals surface area contributed by atoms with E-state index in [9.17, 15) is 4.79 Å². The van der Waals surface area contributed by atoms with Crippen LogP contribution in [0.5, 0.6) is 0 Å². The number of hydrogen-bond donors (Lipinski definition) is 0. The molecule has 16 heavy (non-hydrogen) atoms. The standard InChI is InChI=1S/C12H10N2O2/c1-16-12(15)11-7-9(4-6-14-11)10-3-2-5-13-8-10/h2-8H,1H3. The Balaban J connectivity index is 2.40. The second-order valence-electron chi connectivity index (χ2n) is 3.16. The average Bonchev–Trinajstić information content (AvgIpc) is 2.39. The minimum absolute atomic E-state index is 0.295. The summed E-state index contributed by atoms with van der Waals surface area (Å²) in [5.74, 6) is -0.439. The highest BCUT2D eigenvalue weighted by Gasteiger charge is 2.08. The number of aromatic nitrogens is 2. The molecule has 0 N–H and O–H groups in total. The summed E-state index contributed by atoms with van der Waals surface area (Å²) in [6.45, 7) is 0. The van der Waals surface area contributed by atoms with Crippen molar-refractivity contribution in [2.75, 3.05) is 7.11 Å². The summed E-state index contributed by atoms with van der Waals surface area (Å²) in [5.41, 5.74) is 2.13. The Bertz CT molecular complexity index is 497. The summed E-state index contributed by atoms with van der Waals surface area (Å²) in [6, 6.07) is 7.27. The van der Waals surface area contributed by atoms with Crippen molar-refractivity contribution >= 4 is 5.97 Å². The van der Waals surface area contributed by atoms with Crippen molar-refractivity contribution in [1.29, 1.82) is 0 Å². The first-order chi connectivity index (χ1) is 7.81. The van der Waals surface area contributed by atoms with Crippen LogP contribution >= 0.6 is 0 Å². The van der Waals surface area contributed by atoms with Gasteiger partial charge in [-0.1, -0.05) is 6.07 Å². The van der Waals surface area contributed by atoms with E-state index in [0.29, 0.717) is 5.69 Å². The number of pyridine rings is 2. The van der Waals surface area contributed by atoms with Crippen molar-refractivity contribution in [3.8, 4) is 11.1 Å². The van der Waals surface area contributed by atoms with Gasteiger partial charge in [0.1, 0.15) is 5.69 Å². The van der Waals surface area contributed by atoms with Crippen molar-refractivity contribution in [3.05, 3.63) is 48.5 Å². The van der Waals surface area contributed by atoms with Gasteiger partial charge in [-0.15, -0.1) is 0 Å². The van der Waals surface area contributed by atoms with E-state index in [-0.39, 0.29) is 0 Å². The molecule has 2 rings (SSSR count). The number of carbonyl (C=O) groups excluding carboxylic acids is 1. The Hall–Kier alpha value is -2.23. The molecule has 2 heterocycles. The largest absolute Gasteiger partial charge is 0.464 e. The summed E-state index contributed by atoms with van der Waals surface area (Å²) in [7, 11) is 1.33. The smallest absolute Gasteiger partial charge is 0.356 e. The van der Waals surface area contributed by atoms with Crippen LogP contribution in [0.4, 0.5) is 0 Å². The van der Waals surface area contributed by atoms with Crippen LogP contribution in [0.15, 0.2) is 42.9 Å². The highest BCUT2D eigenvalue weighted by Crippen LogP contribution is 2.17. The van der Waals surface area contributed by atoms with E-state index in [1.807, 2.05) is 18.2 Å². The summed E-state index contributed by atoms with van der Waals surface area (Å²) in [4.78, 5) is 19.3. The van der Waals surface area contributed by atoms with Crippen molar-refractivity contribution in [2.24, 2.45) is 0 Å². The molecule has 0 aliphatic heterocycles. The van der Waals surface area contributed by atoms with Crippen LogP contribution in [0.2, 0.25) is 0 Å². The van der Waals surface area contributed by atoms with Gasteiger partial charge in [-0.25, -0.2) is 9.78 Å². The van der Waals surface area contributed by atoms with Gasteiger partial charge >= 0.3 is 5.97 Å². The fraction of sp³-hybridized carbons (Fsp3) is 0.0833. The van der Waals surface area contributed by atoms with Crippen molar-refractivity contribution in [1.82, 2.24) is 9.97 Å². The molecule has 0 unspecified atom stereocenters. The summed E-state index contributed by atoms with van der Waals surface area (Å²) in [5, 5.41) is 0. The molecular formula is C12H10N2O2. The van der Waals surface area contributed by atoms with Crippen LogP contribution in [-0.2, 0) is 4.74 Å². The van der Waals surface area contributed by atoms with Gasteiger partial charge in [0.15, 0.2) is 0 Å². The van der Waals surface area contributed by atoms with E-state index in [2.05, 4.69) is 14.7 Å². The Morgan fingerprint density at radius 3 is 2.81 bits per heavy atom. The first kappa shape index (κ1) is 10.3. The zero-order valence-corrected chi connectivity index (χ0v) is 8.75.